The Hall–Kier alpha value is -2.41. The first-order valence-electron chi connectivity index (χ1n) is 10.5. The SMILES string of the molecule is CC(C)c1ccc(CN2CCN(C(=O)CCCN3C(=O)CN(C)C3=O)CC2)cc1. The highest BCUT2D eigenvalue weighted by molar-refractivity contribution is 6.01. The zero-order valence-electron chi connectivity index (χ0n) is 17.8. The second-order valence-electron chi connectivity index (χ2n) is 8.34. The summed E-state index contributed by atoms with van der Waals surface area (Å²) in [6.07, 6.45) is 0.893. The molecule has 158 valence electrons. The molecule has 2 saturated heterocycles. The first-order valence-corrected chi connectivity index (χ1v) is 10.5. The van der Waals surface area contributed by atoms with Crippen molar-refractivity contribution in [1.29, 1.82) is 0 Å². The third-order valence-corrected chi connectivity index (χ3v) is 5.78. The predicted molar refractivity (Wildman–Crippen MR) is 111 cm³/mol. The van der Waals surface area contributed by atoms with Gasteiger partial charge in [-0.2, -0.15) is 0 Å². The number of piperazine rings is 1. The predicted octanol–water partition coefficient (Wildman–Crippen LogP) is 2.13. The van der Waals surface area contributed by atoms with E-state index in [-0.39, 0.29) is 24.4 Å². The fraction of sp³-hybridized carbons (Fsp3) is 0.591. The summed E-state index contributed by atoms with van der Waals surface area (Å²) in [4.78, 5) is 43.0. The molecule has 7 heteroatoms. The molecular weight excluding hydrogens is 368 g/mol. The van der Waals surface area contributed by atoms with Crippen molar-refractivity contribution in [2.75, 3.05) is 46.3 Å². The van der Waals surface area contributed by atoms with Crippen molar-refractivity contribution >= 4 is 17.8 Å². The molecule has 0 saturated carbocycles. The monoisotopic (exact) mass is 400 g/mol. The minimum absolute atomic E-state index is 0.110. The van der Waals surface area contributed by atoms with Crippen molar-refractivity contribution in [3.05, 3.63) is 35.4 Å². The van der Waals surface area contributed by atoms with Gasteiger partial charge < -0.3 is 9.80 Å². The summed E-state index contributed by atoms with van der Waals surface area (Å²) < 4.78 is 0. The minimum Gasteiger partial charge on any atom is -0.340 e. The fourth-order valence-corrected chi connectivity index (χ4v) is 3.86. The summed E-state index contributed by atoms with van der Waals surface area (Å²) in [7, 11) is 1.61. The molecule has 2 aliphatic heterocycles. The van der Waals surface area contributed by atoms with Gasteiger partial charge in [-0.25, -0.2) is 4.79 Å². The van der Waals surface area contributed by atoms with Crippen LogP contribution in [0.4, 0.5) is 4.79 Å². The van der Waals surface area contributed by atoms with Crippen molar-refractivity contribution in [2.45, 2.75) is 39.2 Å². The number of hydrogen-bond acceptors (Lipinski definition) is 4. The van der Waals surface area contributed by atoms with Crippen molar-refractivity contribution in [2.24, 2.45) is 0 Å². The topological polar surface area (TPSA) is 64.2 Å². The van der Waals surface area contributed by atoms with Crippen molar-refractivity contribution < 1.29 is 14.4 Å². The Labute approximate surface area is 173 Å². The normalized spacial score (nSPS) is 18.3. The summed E-state index contributed by atoms with van der Waals surface area (Å²) in [6.45, 7) is 8.95. The van der Waals surface area contributed by atoms with Crippen LogP contribution in [-0.2, 0) is 16.1 Å². The molecule has 0 unspecified atom stereocenters. The Morgan fingerprint density at radius 2 is 1.69 bits per heavy atom. The lowest BCUT2D eigenvalue weighted by Crippen LogP contribution is -2.48. The van der Waals surface area contributed by atoms with Gasteiger partial charge >= 0.3 is 6.03 Å². The summed E-state index contributed by atoms with van der Waals surface area (Å²) >= 11 is 0. The van der Waals surface area contributed by atoms with Gasteiger partial charge in [0.2, 0.25) is 11.8 Å². The van der Waals surface area contributed by atoms with E-state index < -0.39 is 0 Å². The zero-order valence-corrected chi connectivity index (χ0v) is 17.8. The molecule has 1 aromatic carbocycles. The van der Waals surface area contributed by atoms with E-state index in [2.05, 4.69) is 43.0 Å². The van der Waals surface area contributed by atoms with E-state index in [0.29, 0.717) is 25.3 Å². The van der Waals surface area contributed by atoms with E-state index in [1.54, 1.807) is 7.05 Å². The number of hydrogen-bond donors (Lipinski definition) is 0. The van der Waals surface area contributed by atoms with Gasteiger partial charge in [0.05, 0.1) is 0 Å². The van der Waals surface area contributed by atoms with Crippen LogP contribution in [0.5, 0.6) is 0 Å². The molecule has 0 atom stereocenters. The number of nitrogens with zero attached hydrogens (tertiary/aromatic N) is 4. The number of carbonyl (C=O) groups is 3. The van der Waals surface area contributed by atoms with Crippen molar-refractivity contribution in [1.82, 2.24) is 19.6 Å². The molecule has 2 heterocycles. The first kappa shape index (κ1) is 21.3. The third kappa shape index (κ3) is 5.35. The van der Waals surface area contributed by atoms with E-state index >= 15 is 0 Å². The Morgan fingerprint density at radius 3 is 2.24 bits per heavy atom. The second kappa shape index (κ2) is 9.39. The van der Waals surface area contributed by atoms with E-state index in [0.717, 1.165) is 32.7 Å². The number of rotatable bonds is 7. The van der Waals surface area contributed by atoms with Crippen LogP contribution < -0.4 is 0 Å². The smallest absolute Gasteiger partial charge is 0.326 e. The van der Waals surface area contributed by atoms with Crippen molar-refractivity contribution in [3.63, 3.8) is 0 Å². The quantitative estimate of drug-likeness (QED) is 0.658. The van der Waals surface area contributed by atoms with Gasteiger partial charge in [0.1, 0.15) is 6.54 Å². The molecule has 0 aliphatic carbocycles. The van der Waals surface area contributed by atoms with Crippen LogP contribution in [0.3, 0.4) is 0 Å². The summed E-state index contributed by atoms with van der Waals surface area (Å²) in [6, 6.07) is 8.54. The van der Waals surface area contributed by atoms with Crippen LogP contribution in [0.15, 0.2) is 24.3 Å². The third-order valence-electron chi connectivity index (χ3n) is 5.78. The molecular formula is C22H32N4O3. The lowest BCUT2D eigenvalue weighted by molar-refractivity contribution is -0.133. The molecule has 2 fully saturated rings. The minimum atomic E-state index is -0.266. The molecule has 0 radical (unpaired) electrons. The Kier molecular flexibility index (Phi) is 6.90. The number of benzene rings is 1. The number of amides is 4. The Bertz CT molecular complexity index is 739. The van der Waals surface area contributed by atoms with Gasteiger partial charge in [-0.15, -0.1) is 0 Å². The van der Waals surface area contributed by atoms with Gasteiger partial charge in [0, 0.05) is 52.7 Å². The van der Waals surface area contributed by atoms with Crippen LogP contribution in [0.2, 0.25) is 0 Å². The highest BCUT2D eigenvalue weighted by atomic mass is 16.2. The van der Waals surface area contributed by atoms with Crippen LogP contribution in [0.25, 0.3) is 0 Å². The summed E-state index contributed by atoms with van der Waals surface area (Å²) in [5.41, 5.74) is 2.66. The maximum absolute atomic E-state index is 12.5. The summed E-state index contributed by atoms with van der Waals surface area (Å²) in [5.74, 6) is 0.472. The molecule has 4 amide bonds. The van der Waals surface area contributed by atoms with Crippen LogP contribution in [0.1, 0.15) is 43.7 Å². The molecule has 29 heavy (non-hydrogen) atoms. The lowest BCUT2D eigenvalue weighted by Gasteiger charge is -2.35. The maximum atomic E-state index is 12.5. The van der Waals surface area contributed by atoms with Gasteiger partial charge in [-0.3, -0.25) is 19.4 Å². The molecule has 2 aliphatic rings. The van der Waals surface area contributed by atoms with E-state index in [1.807, 2.05) is 4.90 Å². The second-order valence-corrected chi connectivity index (χ2v) is 8.34. The molecule has 7 nitrogen and oxygen atoms in total. The first-order chi connectivity index (χ1) is 13.8. The highest BCUT2D eigenvalue weighted by Crippen LogP contribution is 2.17. The molecule has 0 bridgehead atoms. The zero-order chi connectivity index (χ0) is 21.0. The number of likely N-dealkylation sites (N-methyl/N-ethyl adjacent to an activating group) is 1. The lowest BCUT2D eigenvalue weighted by atomic mass is 10.0. The van der Waals surface area contributed by atoms with Crippen LogP contribution in [-0.4, -0.2) is 83.8 Å². The van der Waals surface area contributed by atoms with Crippen LogP contribution >= 0.6 is 0 Å². The molecule has 0 aromatic heterocycles. The molecule has 3 rings (SSSR count). The van der Waals surface area contributed by atoms with Crippen LogP contribution in [0, 0.1) is 0 Å². The molecule has 0 N–H and O–H groups in total. The fourth-order valence-electron chi connectivity index (χ4n) is 3.86. The molecule has 0 spiro atoms. The van der Waals surface area contributed by atoms with E-state index in [4.69, 9.17) is 0 Å². The largest absolute Gasteiger partial charge is 0.340 e. The number of carbonyl (C=O) groups excluding carboxylic acids is 3. The Morgan fingerprint density at radius 1 is 1.03 bits per heavy atom. The van der Waals surface area contributed by atoms with Gasteiger partial charge in [-0.05, 0) is 23.5 Å². The van der Waals surface area contributed by atoms with E-state index in [9.17, 15) is 14.4 Å². The highest BCUT2D eigenvalue weighted by Gasteiger charge is 2.33. The van der Waals surface area contributed by atoms with Gasteiger partial charge in [-0.1, -0.05) is 38.1 Å². The molecule has 1 aromatic rings. The maximum Gasteiger partial charge on any atom is 0.326 e. The Balaban J connectivity index is 1.38. The van der Waals surface area contributed by atoms with Crippen molar-refractivity contribution in [3.8, 4) is 0 Å². The van der Waals surface area contributed by atoms with E-state index in [1.165, 1.54) is 20.9 Å². The average molecular weight is 401 g/mol. The number of urea groups is 1. The number of imide groups is 1. The average Bonchev–Trinajstić information content (AvgIpc) is 2.95. The van der Waals surface area contributed by atoms with Gasteiger partial charge in [0.25, 0.3) is 0 Å². The van der Waals surface area contributed by atoms with Gasteiger partial charge in [0.15, 0.2) is 0 Å². The summed E-state index contributed by atoms with van der Waals surface area (Å²) in [5, 5.41) is 0. The standard InChI is InChI=1S/C22H32N4O3/c1-17(2)19-8-6-18(7-9-19)15-24-11-13-25(14-12-24)20(27)5-4-10-26-21(28)16-23(3)22(26)29/h6-9,17H,4-5,10-16H2,1-3H3.